The number of methoxy groups -OCH3 is 1. The number of carbonyl (C=O) groups is 2. The smallest absolute Gasteiger partial charge is 0.411 e. The summed E-state index contributed by atoms with van der Waals surface area (Å²) < 4.78 is 47.7. The number of nitrogens with zero attached hydrogens (tertiary/aromatic N) is 2. The van der Waals surface area contributed by atoms with Crippen molar-refractivity contribution in [2.75, 3.05) is 19.1 Å². The highest BCUT2D eigenvalue weighted by atomic mass is 35.5. The third-order valence-corrected chi connectivity index (χ3v) is 5.74. The molecule has 0 spiro atoms. The number of esters is 1. The van der Waals surface area contributed by atoms with Crippen molar-refractivity contribution in [1.82, 2.24) is 0 Å². The molecule has 3 rings (SSSR count). The van der Waals surface area contributed by atoms with Gasteiger partial charge in [0.15, 0.2) is 6.04 Å². The Bertz CT molecular complexity index is 1130. The highest BCUT2D eigenvalue weighted by Crippen LogP contribution is 2.43. The Morgan fingerprint density at radius 3 is 2.34 bits per heavy atom. The van der Waals surface area contributed by atoms with Crippen LogP contribution in [0.4, 0.5) is 18.9 Å². The van der Waals surface area contributed by atoms with Gasteiger partial charge in [-0.15, -0.1) is 0 Å². The summed E-state index contributed by atoms with van der Waals surface area (Å²) in [5.74, 6) is -3.56. The van der Waals surface area contributed by atoms with Gasteiger partial charge >= 0.3 is 12.1 Å². The second-order valence-corrected chi connectivity index (χ2v) is 7.79. The van der Waals surface area contributed by atoms with Crippen molar-refractivity contribution in [2.24, 2.45) is 4.99 Å². The molecule has 1 amide bonds. The molecular weight excluding hydrogens is 468 g/mol. The standard InChI is InChI=1S/C22H17Cl2F3N2O3/c1-11(21(31)32-3)16(12-7-4-5-8-13(12)23)19(22(25,26)27)28-18-17-14(24)9-6-10-15(17)29(2)20(18)30/h4-10,16,19H,1H2,2-3H3/t16-,19+/m0/s1. The van der Waals surface area contributed by atoms with Crippen LogP contribution in [0.5, 0.6) is 0 Å². The molecule has 5 nitrogen and oxygen atoms in total. The molecule has 0 aromatic heterocycles. The van der Waals surface area contributed by atoms with Crippen LogP contribution in [0.25, 0.3) is 0 Å². The van der Waals surface area contributed by atoms with Crippen molar-refractivity contribution in [3.8, 4) is 0 Å². The lowest BCUT2D eigenvalue weighted by molar-refractivity contribution is -0.151. The van der Waals surface area contributed by atoms with E-state index in [0.29, 0.717) is 5.69 Å². The van der Waals surface area contributed by atoms with Gasteiger partial charge in [0.1, 0.15) is 5.71 Å². The highest BCUT2D eigenvalue weighted by molar-refractivity contribution is 6.57. The summed E-state index contributed by atoms with van der Waals surface area (Å²) in [7, 11) is 2.43. The minimum atomic E-state index is -4.98. The minimum absolute atomic E-state index is 0.0229. The van der Waals surface area contributed by atoms with E-state index in [2.05, 4.69) is 16.3 Å². The van der Waals surface area contributed by atoms with Gasteiger partial charge in [-0.2, -0.15) is 13.2 Å². The van der Waals surface area contributed by atoms with Crippen LogP contribution < -0.4 is 4.90 Å². The summed E-state index contributed by atoms with van der Waals surface area (Å²) in [6.07, 6.45) is -4.98. The van der Waals surface area contributed by atoms with E-state index in [9.17, 15) is 22.8 Å². The molecule has 10 heteroatoms. The van der Waals surface area contributed by atoms with Crippen LogP contribution in [0, 0.1) is 0 Å². The molecule has 1 heterocycles. The van der Waals surface area contributed by atoms with Gasteiger partial charge in [0.2, 0.25) is 0 Å². The van der Waals surface area contributed by atoms with Gasteiger partial charge in [0.05, 0.1) is 17.8 Å². The van der Waals surface area contributed by atoms with Crippen LogP contribution in [0.15, 0.2) is 59.6 Å². The number of aliphatic imine (C=N–C) groups is 1. The highest BCUT2D eigenvalue weighted by Gasteiger charge is 2.49. The molecule has 0 N–H and O–H groups in total. The van der Waals surface area contributed by atoms with Crippen LogP contribution >= 0.6 is 23.2 Å². The predicted molar refractivity (Wildman–Crippen MR) is 117 cm³/mol. The topological polar surface area (TPSA) is 59.0 Å². The Morgan fingerprint density at radius 1 is 1.12 bits per heavy atom. The summed E-state index contributed by atoms with van der Waals surface area (Å²) >= 11 is 12.4. The monoisotopic (exact) mass is 484 g/mol. The quantitative estimate of drug-likeness (QED) is 0.432. The first-order chi connectivity index (χ1) is 15.0. The van der Waals surface area contributed by atoms with Gasteiger partial charge in [0, 0.05) is 29.1 Å². The van der Waals surface area contributed by atoms with E-state index < -0.39 is 41.3 Å². The minimum Gasteiger partial charge on any atom is -0.466 e. The van der Waals surface area contributed by atoms with Crippen molar-refractivity contribution in [2.45, 2.75) is 18.1 Å². The molecular formula is C22H17Cl2F3N2O3. The fraction of sp³-hybridized carbons (Fsp3) is 0.227. The lowest BCUT2D eigenvalue weighted by Crippen LogP contribution is -2.38. The Hall–Kier alpha value is -2.84. The second-order valence-electron chi connectivity index (χ2n) is 6.98. The van der Waals surface area contributed by atoms with Gasteiger partial charge in [-0.05, 0) is 23.8 Å². The molecule has 0 radical (unpaired) electrons. The Balaban J connectivity index is 2.27. The number of hydrogen-bond donors (Lipinski definition) is 0. The van der Waals surface area contributed by atoms with Crippen LogP contribution in [0.1, 0.15) is 17.0 Å². The molecule has 0 unspecified atom stereocenters. The Morgan fingerprint density at radius 2 is 1.75 bits per heavy atom. The number of anilines is 1. The summed E-state index contributed by atoms with van der Waals surface area (Å²) in [6, 6.07) is 7.72. The average molecular weight is 485 g/mol. The largest absolute Gasteiger partial charge is 0.466 e. The van der Waals surface area contributed by atoms with Gasteiger partial charge in [0.25, 0.3) is 5.91 Å². The number of fused-ring (bicyclic) bond motifs is 1. The molecule has 2 aromatic carbocycles. The van der Waals surface area contributed by atoms with E-state index in [4.69, 9.17) is 23.2 Å². The summed E-state index contributed by atoms with van der Waals surface area (Å²) in [4.78, 5) is 30.0. The molecule has 0 saturated heterocycles. The molecule has 0 saturated carbocycles. The number of ether oxygens (including phenoxy) is 1. The van der Waals surface area contributed by atoms with Crippen LogP contribution in [-0.2, 0) is 14.3 Å². The maximum Gasteiger partial charge on any atom is 0.411 e. The van der Waals surface area contributed by atoms with Crippen molar-refractivity contribution in [3.05, 3.63) is 75.8 Å². The maximum absolute atomic E-state index is 14.4. The normalized spacial score (nSPS) is 16.7. The van der Waals surface area contributed by atoms with E-state index in [1.165, 1.54) is 37.4 Å². The van der Waals surface area contributed by atoms with Gasteiger partial charge in [-0.25, -0.2) is 4.79 Å². The Labute approximate surface area is 192 Å². The summed E-state index contributed by atoms with van der Waals surface area (Å²) in [5, 5.41) is 0.0475. The third-order valence-electron chi connectivity index (χ3n) is 5.08. The molecule has 0 fully saturated rings. The zero-order valence-corrected chi connectivity index (χ0v) is 18.4. The number of rotatable bonds is 5. The van der Waals surface area contributed by atoms with Gasteiger partial charge in [-0.3, -0.25) is 9.79 Å². The lowest BCUT2D eigenvalue weighted by atomic mass is 9.84. The molecule has 32 heavy (non-hydrogen) atoms. The number of alkyl halides is 3. The third kappa shape index (κ3) is 4.25. The maximum atomic E-state index is 14.4. The average Bonchev–Trinajstić information content (AvgIpc) is 2.98. The van der Waals surface area contributed by atoms with E-state index in [1.54, 1.807) is 12.1 Å². The zero-order chi connectivity index (χ0) is 23.8. The molecule has 2 aromatic rings. The van der Waals surface area contributed by atoms with Crippen molar-refractivity contribution >= 4 is 46.5 Å². The number of halogens is 5. The van der Waals surface area contributed by atoms with E-state index in [0.717, 1.165) is 12.0 Å². The number of likely N-dealkylation sites (N-methyl/N-ethyl adjacent to an activating group) is 1. The van der Waals surface area contributed by atoms with Crippen molar-refractivity contribution in [3.63, 3.8) is 0 Å². The number of benzene rings is 2. The van der Waals surface area contributed by atoms with E-state index in [-0.39, 0.29) is 21.2 Å². The fourth-order valence-corrected chi connectivity index (χ4v) is 4.04. The first kappa shape index (κ1) is 23.8. The number of carbonyl (C=O) groups excluding carboxylic acids is 2. The fourth-order valence-electron chi connectivity index (χ4n) is 3.53. The molecule has 168 valence electrons. The van der Waals surface area contributed by atoms with E-state index in [1.807, 2.05) is 0 Å². The zero-order valence-electron chi connectivity index (χ0n) is 16.9. The molecule has 0 bridgehead atoms. The number of hydrogen-bond acceptors (Lipinski definition) is 4. The van der Waals surface area contributed by atoms with Crippen LogP contribution in [-0.4, -0.2) is 44.0 Å². The van der Waals surface area contributed by atoms with Crippen LogP contribution in [0.3, 0.4) is 0 Å². The van der Waals surface area contributed by atoms with Gasteiger partial charge in [-0.1, -0.05) is 54.0 Å². The van der Waals surface area contributed by atoms with Crippen LogP contribution in [0.2, 0.25) is 10.0 Å². The molecule has 1 aliphatic rings. The molecule has 1 aliphatic heterocycles. The Kier molecular flexibility index (Phi) is 6.67. The van der Waals surface area contributed by atoms with Crippen molar-refractivity contribution in [1.29, 1.82) is 0 Å². The summed E-state index contributed by atoms with van der Waals surface area (Å²) in [5.41, 5.74) is -0.606. The summed E-state index contributed by atoms with van der Waals surface area (Å²) in [6.45, 7) is 3.52. The SMILES string of the molecule is C=C(C(=O)OC)[C@@H](c1ccccc1Cl)[C@@H](N=C1C(=O)N(C)c2cccc(Cl)c21)C(F)(F)F. The van der Waals surface area contributed by atoms with Gasteiger partial charge < -0.3 is 9.64 Å². The van der Waals surface area contributed by atoms with Crippen molar-refractivity contribution < 1.29 is 27.5 Å². The predicted octanol–water partition coefficient (Wildman–Crippen LogP) is 5.20. The first-order valence-corrected chi connectivity index (χ1v) is 9.97. The number of amides is 1. The molecule has 2 atom stereocenters. The lowest BCUT2D eigenvalue weighted by Gasteiger charge is -2.28. The van der Waals surface area contributed by atoms with E-state index >= 15 is 0 Å². The second kappa shape index (κ2) is 8.96. The first-order valence-electron chi connectivity index (χ1n) is 9.22. The molecule has 0 aliphatic carbocycles.